The van der Waals surface area contributed by atoms with E-state index < -0.39 is 0 Å². The first-order valence-electron chi connectivity index (χ1n) is 6.38. The van der Waals surface area contributed by atoms with Crippen LogP contribution in [0.1, 0.15) is 11.1 Å². The van der Waals surface area contributed by atoms with E-state index in [1.54, 1.807) is 56.7 Å². The fraction of sp³-hybridized carbons (Fsp3) is 0.118. The monoisotopic (exact) mass is 333 g/mol. The SMILES string of the molecule is COc1ccc(C(C#N)=Cc2cc(Cl)ccc2Cl)cc1OC. The van der Waals surface area contributed by atoms with Crippen LogP contribution in [0.25, 0.3) is 11.6 Å². The molecule has 0 unspecified atom stereocenters. The standard InChI is InChI=1S/C17H13Cl2NO2/c1-21-16-6-3-11(9-17(16)22-2)13(10-20)7-12-8-14(18)4-5-15(12)19/h3-9H,1-2H3. The number of nitrogens with zero attached hydrogens (tertiary/aromatic N) is 1. The van der Waals surface area contributed by atoms with Gasteiger partial charge in [0.25, 0.3) is 0 Å². The third-order valence-corrected chi connectivity index (χ3v) is 3.65. The van der Waals surface area contributed by atoms with Crippen molar-refractivity contribution in [1.29, 1.82) is 5.26 Å². The minimum Gasteiger partial charge on any atom is -0.493 e. The highest BCUT2D eigenvalue weighted by Gasteiger charge is 2.09. The summed E-state index contributed by atoms with van der Waals surface area (Å²) < 4.78 is 10.4. The second-order valence-electron chi connectivity index (χ2n) is 4.41. The van der Waals surface area contributed by atoms with E-state index >= 15 is 0 Å². The van der Waals surface area contributed by atoms with Gasteiger partial charge < -0.3 is 9.47 Å². The summed E-state index contributed by atoms with van der Waals surface area (Å²) in [6, 6.07) is 12.5. The van der Waals surface area contributed by atoms with E-state index in [1.807, 2.05) is 0 Å². The molecule has 2 aromatic rings. The lowest BCUT2D eigenvalue weighted by Gasteiger charge is -2.09. The van der Waals surface area contributed by atoms with Crippen LogP contribution in [0.2, 0.25) is 10.0 Å². The zero-order valence-electron chi connectivity index (χ0n) is 12.1. The topological polar surface area (TPSA) is 42.2 Å². The molecular weight excluding hydrogens is 321 g/mol. The summed E-state index contributed by atoms with van der Waals surface area (Å²) in [6.45, 7) is 0. The molecule has 0 aliphatic rings. The van der Waals surface area contributed by atoms with Crippen LogP contribution in [0.3, 0.4) is 0 Å². The molecule has 22 heavy (non-hydrogen) atoms. The van der Waals surface area contributed by atoms with Crippen LogP contribution < -0.4 is 9.47 Å². The molecule has 0 N–H and O–H groups in total. The maximum absolute atomic E-state index is 9.42. The molecular formula is C17H13Cl2NO2. The molecule has 0 heterocycles. The van der Waals surface area contributed by atoms with Crippen LogP contribution in [-0.4, -0.2) is 14.2 Å². The highest BCUT2D eigenvalue weighted by Crippen LogP contribution is 2.32. The normalized spacial score (nSPS) is 11.0. The molecule has 2 rings (SSSR count). The van der Waals surface area contributed by atoms with Gasteiger partial charge in [-0.25, -0.2) is 0 Å². The maximum Gasteiger partial charge on any atom is 0.161 e. The number of hydrogen-bond acceptors (Lipinski definition) is 3. The average Bonchev–Trinajstić information content (AvgIpc) is 2.55. The Morgan fingerprint density at radius 2 is 1.77 bits per heavy atom. The van der Waals surface area contributed by atoms with Crippen molar-refractivity contribution < 1.29 is 9.47 Å². The van der Waals surface area contributed by atoms with Crippen LogP contribution in [0.5, 0.6) is 11.5 Å². The first-order chi connectivity index (χ1) is 10.6. The zero-order valence-corrected chi connectivity index (χ0v) is 13.6. The number of methoxy groups -OCH3 is 2. The highest BCUT2D eigenvalue weighted by molar-refractivity contribution is 6.34. The van der Waals surface area contributed by atoms with Gasteiger partial charge in [-0.1, -0.05) is 23.2 Å². The van der Waals surface area contributed by atoms with E-state index in [0.717, 1.165) is 0 Å². The zero-order chi connectivity index (χ0) is 16.1. The van der Waals surface area contributed by atoms with E-state index in [1.165, 1.54) is 0 Å². The van der Waals surface area contributed by atoms with Gasteiger partial charge in [-0.15, -0.1) is 0 Å². The maximum atomic E-state index is 9.42. The molecule has 3 nitrogen and oxygen atoms in total. The summed E-state index contributed by atoms with van der Waals surface area (Å²) in [5, 5.41) is 10.5. The molecule has 0 amide bonds. The molecule has 0 radical (unpaired) electrons. The van der Waals surface area contributed by atoms with Crippen LogP contribution >= 0.6 is 23.2 Å². The molecule has 0 saturated carbocycles. The van der Waals surface area contributed by atoms with E-state index in [4.69, 9.17) is 32.7 Å². The van der Waals surface area contributed by atoms with Crippen LogP contribution in [0, 0.1) is 11.3 Å². The largest absolute Gasteiger partial charge is 0.493 e. The summed E-state index contributed by atoms with van der Waals surface area (Å²) in [5.41, 5.74) is 1.84. The lowest BCUT2D eigenvalue weighted by Crippen LogP contribution is -1.92. The smallest absolute Gasteiger partial charge is 0.161 e. The Morgan fingerprint density at radius 3 is 2.41 bits per heavy atom. The van der Waals surface area contributed by atoms with E-state index in [2.05, 4.69) is 6.07 Å². The molecule has 2 aromatic carbocycles. The Bertz CT molecular complexity index is 764. The fourth-order valence-electron chi connectivity index (χ4n) is 1.96. The van der Waals surface area contributed by atoms with Crippen LogP contribution in [0.4, 0.5) is 0 Å². The van der Waals surface area contributed by atoms with Gasteiger partial charge in [0.05, 0.1) is 25.9 Å². The average molecular weight is 334 g/mol. The molecule has 0 saturated heterocycles. The molecule has 0 aliphatic heterocycles. The fourth-order valence-corrected chi connectivity index (χ4v) is 2.32. The molecule has 0 fully saturated rings. The predicted molar refractivity (Wildman–Crippen MR) is 89.5 cm³/mol. The van der Waals surface area contributed by atoms with Gasteiger partial charge >= 0.3 is 0 Å². The minimum atomic E-state index is 0.449. The second kappa shape index (κ2) is 7.22. The number of benzene rings is 2. The van der Waals surface area contributed by atoms with Gasteiger partial charge in [0.2, 0.25) is 0 Å². The summed E-state index contributed by atoms with van der Waals surface area (Å²) in [7, 11) is 3.11. The highest BCUT2D eigenvalue weighted by atomic mass is 35.5. The molecule has 0 spiro atoms. The van der Waals surface area contributed by atoms with E-state index in [-0.39, 0.29) is 0 Å². The quantitative estimate of drug-likeness (QED) is 0.579. The Kier molecular flexibility index (Phi) is 5.32. The third-order valence-electron chi connectivity index (χ3n) is 3.07. The van der Waals surface area contributed by atoms with E-state index in [0.29, 0.717) is 38.2 Å². The Labute approximate surface area is 139 Å². The third kappa shape index (κ3) is 3.54. The van der Waals surface area contributed by atoms with Crippen molar-refractivity contribution >= 4 is 34.9 Å². The van der Waals surface area contributed by atoms with Gasteiger partial charge in [0, 0.05) is 10.0 Å². The number of nitriles is 1. The lowest BCUT2D eigenvalue weighted by atomic mass is 10.0. The summed E-state index contributed by atoms with van der Waals surface area (Å²) >= 11 is 12.1. The van der Waals surface area contributed by atoms with Gasteiger partial charge in [-0.2, -0.15) is 5.26 Å². The first-order valence-corrected chi connectivity index (χ1v) is 7.14. The molecule has 0 aliphatic carbocycles. The summed E-state index contributed by atoms with van der Waals surface area (Å²) in [6.07, 6.45) is 1.69. The van der Waals surface area contributed by atoms with Gasteiger partial charge in [-0.3, -0.25) is 0 Å². The van der Waals surface area contributed by atoms with Gasteiger partial charge in [0.15, 0.2) is 11.5 Å². The Hall–Kier alpha value is -2.15. The summed E-state index contributed by atoms with van der Waals surface area (Å²) in [5.74, 6) is 1.16. The molecule has 0 atom stereocenters. The van der Waals surface area contributed by atoms with Crippen LogP contribution in [0.15, 0.2) is 36.4 Å². The van der Waals surface area contributed by atoms with E-state index in [9.17, 15) is 5.26 Å². The van der Waals surface area contributed by atoms with Crippen molar-refractivity contribution in [2.45, 2.75) is 0 Å². The predicted octanol–water partition coefficient (Wildman–Crippen LogP) is 5.07. The Morgan fingerprint density at radius 1 is 1.05 bits per heavy atom. The number of hydrogen-bond donors (Lipinski definition) is 0. The van der Waals surface area contributed by atoms with Crippen LogP contribution in [-0.2, 0) is 0 Å². The number of halogens is 2. The Balaban J connectivity index is 2.50. The van der Waals surface area contributed by atoms with Crippen molar-refractivity contribution in [1.82, 2.24) is 0 Å². The first kappa shape index (κ1) is 16.2. The van der Waals surface area contributed by atoms with Crippen molar-refractivity contribution in [2.24, 2.45) is 0 Å². The molecule has 5 heteroatoms. The lowest BCUT2D eigenvalue weighted by molar-refractivity contribution is 0.355. The molecule has 0 aromatic heterocycles. The number of allylic oxidation sites excluding steroid dienone is 1. The van der Waals surface area contributed by atoms with Crippen molar-refractivity contribution in [3.8, 4) is 17.6 Å². The number of ether oxygens (including phenoxy) is 2. The van der Waals surface area contributed by atoms with Crippen molar-refractivity contribution in [2.75, 3.05) is 14.2 Å². The second-order valence-corrected chi connectivity index (χ2v) is 5.25. The summed E-state index contributed by atoms with van der Waals surface area (Å²) in [4.78, 5) is 0. The van der Waals surface area contributed by atoms with Gasteiger partial charge in [-0.05, 0) is 53.6 Å². The van der Waals surface area contributed by atoms with Gasteiger partial charge in [0.1, 0.15) is 0 Å². The molecule has 0 bridgehead atoms. The molecule has 112 valence electrons. The minimum absolute atomic E-state index is 0.449. The van der Waals surface area contributed by atoms with Crippen molar-refractivity contribution in [3.63, 3.8) is 0 Å². The van der Waals surface area contributed by atoms with Crippen molar-refractivity contribution in [3.05, 3.63) is 57.6 Å². The number of rotatable bonds is 4.